The van der Waals surface area contributed by atoms with Gasteiger partial charge in [0, 0.05) is 12.5 Å². The third kappa shape index (κ3) is 5.63. The Labute approximate surface area is 219 Å². The molecule has 9 heteroatoms. The van der Waals surface area contributed by atoms with E-state index in [4.69, 9.17) is 9.47 Å². The summed E-state index contributed by atoms with van der Waals surface area (Å²) in [5, 5.41) is 31.3. The van der Waals surface area contributed by atoms with E-state index < -0.39 is 35.9 Å². The van der Waals surface area contributed by atoms with Crippen molar-refractivity contribution >= 4 is 23.5 Å². The zero-order chi connectivity index (χ0) is 27.7. The summed E-state index contributed by atoms with van der Waals surface area (Å²) in [7, 11) is 0. The fraction of sp³-hybridized carbons (Fsp3) is 0.276. The van der Waals surface area contributed by atoms with E-state index in [-0.39, 0.29) is 35.0 Å². The topological polar surface area (TPSA) is 134 Å². The monoisotopic (exact) mass is 519 g/mol. The summed E-state index contributed by atoms with van der Waals surface area (Å²) in [6, 6.07) is 18.8. The molecule has 4 rings (SSSR count). The van der Waals surface area contributed by atoms with Gasteiger partial charge in [0.2, 0.25) is 0 Å². The number of ketones is 1. The molecule has 38 heavy (non-hydrogen) atoms. The lowest BCUT2D eigenvalue weighted by molar-refractivity contribution is -0.158. The van der Waals surface area contributed by atoms with Gasteiger partial charge in [-0.2, -0.15) is 0 Å². The number of ether oxygens (including phenoxy) is 2. The molecule has 0 saturated carbocycles. The summed E-state index contributed by atoms with van der Waals surface area (Å²) in [4.78, 5) is 39.5. The summed E-state index contributed by atoms with van der Waals surface area (Å²) in [5.74, 6) is -1.68. The van der Waals surface area contributed by atoms with Gasteiger partial charge in [0.15, 0.2) is 5.78 Å². The Hall–Kier alpha value is -4.37. The highest BCUT2D eigenvalue weighted by Gasteiger charge is 2.48. The van der Waals surface area contributed by atoms with E-state index in [0.29, 0.717) is 16.0 Å². The number of anilines is 1. The van der Waals surface area contributed by atoms with E-state index in [2.05, 4.69) is 0 Å². The van der Waals surface area contributed by atoms with Gasteiger partial charge in [-0.05, 0) is 56.2 Å². The first kappa shape index (κ1) is 26.7. The Kier molecular flexibility index (Phi) is 7.15. The summed E-state index contributed by atoms with van der Waals surface area (Å²) in [6.07, 6.45) is -2.13. The van der Waals surface area contributed by atoms with Crippen LogP contribution in [0.5, 0.6) is 11.5 Å². The Balaban J connectivity index is 1.79. The van der Waals surface area contributed by atoms with Crippen molar-refractivity contribution in [2.45, 2.75) is 51.0 Å². The summed E-state index contributed by atoms with van der Waals surface area (Å²) >= 11 is 0. The second-order valence-electron chi connectivity index (χ2n) is 10.1. The van der Waals surface area contributed by atoms with Crippen LogP contribution in [0.25, 0.3) is 0 Å². The molecule has 1 heterocycles. The molecular formula is C29H29NO8. The van der Waals surface area contributed by atoms with E-state index in [1.165, 1.54) is 30.3 Å². The van der Waals surface area contributed by atoms with Gasteiger partial charge in [0.1, 0.15) is 23.2 Å². The van der Waals surface area contributed by atoms with Gasteiger partial charge in [-0.3, -0.25) is 4.79 Å². The van der Waals surface area contributed by atoms with Gasteiger partial charge in [0.05, 0.1) is 17.7 Å². The lowest BCUT2D eigenvalue weighted by Gasteiger charge is -2.38. The van der Waals surface area contributed by atoms with Crippen LogP contribution in [0.1, 0.15) is 54.8 Å². The fourth-order valence-corrected chi connectivity index (χ4v) is 4.23. The lowest BCUT2D eigenvalue weighted by atomic mass is 9.95. The van der Waals surface area contributed by atoms with Gasteiger partial charge in [-0.15, -0.1) is 0 Å². The van der Waals surface area contributed by atoms with Crippen molar-refractivity contribution in [3.05, 3.63) is 89.5 Å². The molecule has 0 saturated heterocycles. The molecule has 198 valence electrons. The van der Waals surface area contributed by atoms with Crippen molar-refractivity contribution in [2.24, 2.45) is 0 Å². The number of benzene rings is 3. The molecular weight excluding hydrogens is 490 g/mol. The highest BCUT2D eigenvalue weighted by molar-refractivity contribution is 6.02. The summed E-state index contributed by atoms with van der Waals surface area (Å²) in [6.45, 7) is 4.87. The van der Waals surface area contributed by atoms with Crippen LogP contribution in [0.15, 0.2) is 72.8 Å². The molecule has 0 radical (unpaired) electrons. The molecule has 3 N–H and O–H groups in total. The number of carbonyl (C=O) groups is 3. The standard InChI is InChI=1S/C29H29NO8/c1-28(2,3)38-27(35)30(29(36,26(33)34)17-18-7-5-4-6-8-18)20-11-14-22-23(32)16-24(37-25(22)15-20)19-9-12-21(31)13-10-19/h4-15,24,31,36H,16-17H2,1-3H3,(H,33,34). The SMILES string of the molecule is CC(C)(C)OC(=O)N(c1ccc2c(c1)OC(c1ccc(O)cc1)CC2=O)C(O)(Cc1ccccc1)C(=O)O. The predicted octanol–water partition coefficient (Wildman–Crippen LogP) is 4.86. The first-order chi connectivity index (χ1) is 17.9. The summed E-state index contributed by atoms with van der Waals surface area (Å²) < 4.78 is 11.6. The smallest absolute Gasteiger partial charge is 0.417 e. The zero-order valence-electron chi connectivity index (χ0n) is 21.2. The molecule has 1 amide bonds. The van der Waals surface area contributed by atoms with Crippen LogP contribution in [-0.4, -0.2) is 44.5 Å². The van der Waals surface area contributed by atoms with Crippen LogP contribution in [-0.2, 0) is 16.0 Å². The minimum absolute atomic E-state index is 0.0296. The maximum absolute atomic E-state index is 13.4. The van der Waals surface area contributed by atoms with Crippen LogP contribution in [0, 0.1) is 0 Å². The average Bonchev–Trinajstić information content (AvgIpc) is 2.83. The van der Waals surface area contributed by atoms with Crippen molar-refractivity contribution in [1.82, 2.24) is 0 Å². The van der Waals surface area contributed by atoms with Crippen molar-refractivity contribution in [3.63, 3.8) is 0 Å². The van der Waals surface area contributed by atoms with E-state index >= 15 is 0 Å². The molecule has 0 aromatic heterocycles. The van der Waals surface area contributed by atoms with Crippen LogP contribution in [0.3, 0.4) is 0 Å². The molecule has 2 atom stereocenters. The van der Waals surface area contributed by atoms with E-state index in [1.54, 1.807) is 63.2 Å². The van der Waals surface area contributed by atoms with Gasteiger partial charge in [0.25, 0.3) is 5.72 Å². The second-order valence-corrected chi connectivity index (χ2v) is 10.1. The number of aliphatic hydroxyl groups is 1. The number of carbonyl (C=O) groups excluding carboxylic acids is 2. The normalized spacial score (nSPS) is 16.5. The highest BCUT2D eigenvalue weighted by Crippen LogP contribution is 2.39. The van der Waals surface area contributed by atoms with Crippen molar-refractivity contribution in [1.29, 1.82) is 0 Å². The molecule has 3 aromatic rings. The maximum Gasteiger partial charge on any atom is 0.417 e. The highest BCUT2D eigenvalue weighted by atomic mass is 16.6. The van der Waals surface area contributed by atoms with Gasteiger partial charge in [-0.25, -0.2) is 14.5 Å². The molecule has 1 aliphatic heterocycles. The third-order valence-electron chi connectivity index (χ3n) is 6.01. The second kappa shape index (κ2) is 10.2. The van der Waals surface area contributed by atoms with E-state index in [0.717, 1.165) is 0 Å². The number of aliphatic carboxylic acids is 1. The number of hydrogen-bond acceptors (Lipinski definition) is 7. The molecule has 2 unspecified atom stereocenters. The van der Waals surface area contributed by atoms with Crippen molar-refractivity contribution < 1.29 is 39.2 Å². The van der Waals surface area contributed by atoms with Crippen LogP contribution >= 0.6 is 0 Å². The van der Waals surface area contributed by atoms with Crippen LogP contribution < -0.4 is 9.64 Å². The number of hydrogen-bond donors (Lipinski definition) is 3. The summed E-state index contributed by atoms with van der Waals surface area (Å²) in [5.41, 5.74) is -2.36. The average molecular weight is 520 g/mol. The number of fused-ring (bicyclic) bond motifs is 1. The Morgan fingerprint density at radius 1 is 1.03 bits per heavy atom. The lowest BCUT2D eigenvalue weighted by Crippen LogP contribution is -2.60. The Morgan fingerprint density at radius 3 is 2.29 bits per heavy atom. The van der Waals surface area contributed by atoms with Gasteiger partial charge in [-0.1, -0.05) is 42.5 Å². The third-order valence-corrected chi connectivity index (χ3v) is 6.01. The van der Waals surface area contributed by atoms with Crippen molar-refractivity contribution in [3.8, 4) is 11.5 Å². The Bertz CT molecular complexity index is 1350. The molecule has 0 bridgehead atoms. The molecule has 0 spiro atoms. The van der Waals surface area contributed by atoms with E-state index in [1.807, 2.05) is 0 Å². The molecule has 9 nitrogen and oxygen atoms in total. The largest absolute Gasteiger partial charge is 0.508 e. The molecule has 1 aliphatic rings. The number of phenolic OH excluding ortho intramolecular Hbond substituents is 1. The first-order valence-corrected chi connectivity index (χ1v) is 12.0. The number of amides is 1. The maximum atomic E-state index is 13.4. The number of carboxylic acids is 1. The molecule has 0 aliphatic carbocycles. The van der Waals surface area contributed by atoms with Crippen molar-refractivity contribution in [2.75, 3.05) is 4.90 Å². The minimum atomic E-state index is -2.73. The van der Waals surface area contributed by atoms with Gasteiger partial charge >= 0.3 is 12.1 Å². The number of aromatic hydroxyl groups is 1. The fourth-order valence-electron chi connectivity index (χ4n) is 4.23. The van der Waals surface area contributed by atoms with Gasteiger partial charge < -0.3 is 24.8 Å². The number of phenols is 1. The van der Waals surface area contributed by atoms with Crippen LogP contribution in [0.2, 0.25) is 0 Å². The zero-order valence-corrected chi connectivity index (χ0v) is 21.2. The first-order valence-electron chi connectivity index (χ1n) is 12.0. The molecule has 0 fully saturated rings. The Morgan fingerprint density at radius 2 is 1.68 bits per heavy atom. The number of rotatable bonds is 6. The number of Topliss-reactive ketones (excluding diaryl/α,β-unsaturated/α-hetero) is 1. The predicted molar refractivity (Wildman–Crippen MR) is 138 cm³/mol. The minimum Gasteiger partial charge on any atom is -0.508 e. The van der Waals surface area contributed by atoms with E-state index in [9.17, 15) is 29.7 Å². The van der Waals surface area contributed by atoms with Crippen LogP contribution in [0.4, 0.5) is 10.5 Å². The number of nitrogens with zero attached hydrogens (tertiary/aromatic N) is 1. The quantitative estimate of drug-likeness (QED) is 0.393. The number of carboxylic acid groups (broad SMARTS) is 1. The molecule has 3 aromatic carbocycles.